The molecule has 0 aliphatic carbocycles. The van der Waals surface area contributed by atoms with Gasteiger partial charge >= 0.3 is 0 Å². The molecule has 0 spiro atoms. The molecule has 2 N–H and O–H groups in total. The molecule has 0 radical (unpaired) electrons. The van der Waals surface area contributed by atoms with Gasteiger partial charge in [-0.1, -0.05) is 6.07 Å². The van der Waals surface area contributed by atoms with Crippen molar-refractivity contribution in [3.05, 3.63) is 48.3 Å². The Balaban J connectivity index is 1.46. The number of hydrogen-bond donors (Lipinski definition) is 2. The lowest BCUT2D eigenvalue weighted by molar-refractivity contribution is -0.120. The Hall–Kier alpha value is -2.64. The predicted molar refractivity (Wildman–Crippen MR) is 92.5 cm³/mol. The van der Waals surface area contributed by atoms with E-state index in [2.05, 4.69) is 15.8 Å². The summed E-state index contributed by atoms with van der Waals surface area (Å²) in [5.74, 6) is 1.38. The van der Waals surface area contributed by atoms with Crippen LogP contribution in [-0.2, 0) is 4.79 Å². The third kappa shape index (κ3) is 3.16. The van der Waals surface area contributed by atoms with Crippen molar-refractivity contribution in [2.24, 2.45) is 0 Å². The highest BCUT2D eigenvalue weighted by molar-refractivity contribution is 5.97. The van der Waals surface area contributed by atoms with Crippen LogP contribution in [0.4, 0.5) is 5.69 Å². The van der Waals surface area contributed by atoms with Gasteiger partial charge in [0.2, 0.25) is 5.91 Å². The quantitative estimate of drug-likeness (QED) is 0.880. The Morgan fingerprint density at radius 1 is 1.16 bits per heavy atom. The molecule has 4 rings (SSSR count). The van der Waals surface area contributed by atoms with Gasteiger partial charge in [-0.2, -0.15) is 0 Å². The second kappa shape index (κ2) is 6.70. The summed E-state index contributed by atoms with van der Waals surface area (Å²) in [6, 6.07) is 11.0. The summed E-state index contributed by atoms with van der Waals surface area (Å²) in [6.07, 6.45) is 2.40. The largest absolute Gasteiger partial charge is 0.486 e. The number of carbonyl (C=O) groups excluding carboxylic acids is 1. The number of fused-ring (bicyclic) bond motifs is 1. The Labute approximate surface area is 145 Å². The van der Waals surface area contributed by atoms with E-state index in [-0.39, 0.29) is 18.0 Å². The lowest BCUT2D eigenvalue weighted by atomic mass is 10.1. The molecule has 7 nitrogen and oxygen atoms in total. The lowest BCUT2D eigenvalue weighted by Gasteiger charge is -2.24. The van der Waals surface area contributed by atoms with Gasteiger partial charge in [-0.05, 0) is 30.7 Å². The first kappa shape index (κ1) is 15.9. The highest BCUT2D eigenvalue weighted by Gasteiger charge is 2.33. The average molecular weight is 340 g/mol. The predicted octanol–water partition coefficient (Wildman–Crippen LogP) is 1.42. The zero-order chi connectivity index (χ0) is 17.2. The van der Waals surface area contributed by atoms with Gasteiger partial charge < -0.3 is 14.4 Å². The number of anilines is 1. The van der Waals surface area contributed by atoms with E-state index in [0.717, 1.165) is 11.4 Å². The lowest BCUT2D eigenvalue weighted by Crippen LogP contribution is -2.44. The van der Waals surface area contributed by atoms with Crippen LogP contribution in [0.25, 0.3) is 0 Å². The molecule has 2 aliphatic heterocycles. The number of benzene rings is 1. The number of pyridine rings is 1. The molecule has 1 saturated heterocycles. The number of nitrogens with one attached hydrogen (secondary N) is 2. The first-order chi connectivity index (χ1) is 12.2. The van der Waals surface area contributed by atoms with E-state index in [1.165, 1.54) is 0 Å². The number of nitrogens with zero attached hydrogens (tertiary/aromatic N) is 2. The Kier molecular flexibility index (Phi) is 4.25. The molecule has 2 aromatic rings. The van der Waals surface area contributed by atoms with Crippen LogP contribution in [0.3, 0.4) is 0 Å². The molecule has 2 atom stereocenters. The monoisotopic (exact) mass is 340 g/mol. The van der Waals surface area contributed by atoms with Crippen molar-refractivity contribution < 1.29 is 14.3 Å². The Bertz CT molecular complexity index is 768. The van der Waals surface area contributed by atoms with E-state index < -0.39 is 0 Å². The topological polar surface area (TPSA) is 75.7 Å². The van der Waals surface area contributed by atoms with Gasteiger partial charge in [0.05, 0.1) is 11.7 Å². The summed E-state index contributed by atoms with van der Waals surface area (Å²) in [6.45, 7) is 1.07. The van der Waals surface area contributed by atoms with Crippen LogP contribution in [0.2, 0.25) is 0 Å². The zero-order valence-electron chi connectivity index (χ0n) is 13.9. The normalized spacial score (nSPS) is 21.8. The molecular weight excluding hydrogens is 320 g/mol. The number of aromatic nitrogens is 1. The van der Waals surface area contributed by atoms with Crippen molar-refractivity contribution in [1.82, 2.24) is 15.8 Å². The standard InChI is InChI=1S/C18H20N4O3/c1-22(12-5-6-16-17(10-12)25-9-8-24-16)18(23)15-11-14(20-21-15)13-4-2-3-7-19-13/h2-7,10,14-15,20-21H,8-9,11H2,1H3. The van der Waals surface area contributed by atoms with E-state index in [9.17, 15) is 4.79 Å². The number of rotatable bonds is 3. The van der Waals surface area contributed by atoms with Crippen molar-refractivity contribution >= 4 is 11.6 Å². The minimum absolute atomic E-state index is 0.0115. The molecule has 0 bridgehead atoms. The van der Waals surface area contributed by atoms with Gasteiger partial charge in [0.1, 0.15) is 19.3 Å². The van der Waals surface area contributed by atoms with E-state index >= 15 is 0 Å². The molecule has 1 amide bonds. The minimum Gasteiger partial charge on any atom is -0.486 e. The highest BCUT2D eigenvalue weighted by Crippen LogP contribution is 2.34. The van der Waals surface area contributed by atoms with Crippen LogP contribution in [-0.4, -0.2) is 37.2 Å². The van der Waals surface area contributed by atoms with E-state index in [0.29, 0.717) is 31.1 Å². The molecule has 25 heavy (non-hydrogen) atoms. The highest BCUT2D eigenvalue weighted by atomic mass is 16.6. The van der Waals surface area contributed by atoms with Crippen molar-refractivity contribution in [2.45, 2.75) is 18.5 Å². The third-order valence-electron chi connectivity index (χ3n) is 4.49. The third-order valence-corrected chi connectivity index (χ3v) is 4.49. The smallest absolute Gasteiger partial charge is 0.245 e. The average Bonchev–Trinajstić information content (AvgIpc) is 3.17. The van der Waals surface area contributed by atoms with Gasteiger partial charge in [-0.3, -0.25) is 9.78 Å². The van der Waals surface area contributed by atoms with Crippen LogP contribution in [0.1, 0.15) is 18.2 Å². The van der Waals surface area contributed by atoms with Crippen molar-refractivity contribution in [2.75, 3.05) is 25.2 Å². The van der Waals surface area contributed by atoms with Crippen LogP contribution in [0.5, 0.6) is 11.5 Å². The Morgan fingerprint density at radius 3 is 2.80 bits per heavy atom. The molecule has 3 heterocycles. The minimum atomic E-state index is -0.315. The fraction of sp³-hybridized carbons (Fsp3) is 0.333. The second-order valence-corrected chi connectivity index (χ2v) is 6.11. The molecule has 1 fully saturated rings. The first-order valence-electron chi connectivity index (χ1n) is 8.31. The van der Waals surface area contributed by atoms with E-state index in [1.54, 1.807) is 18.1 Å². The van der Waals surface area contributed by atoms with E-state index in [4.69, 9.17) is 9.47 Å². The molecule has 7 heteroatoms. The van der Waals surface area contributed by atoms with Gasteiger partial charge in [-0.15, -0.1) is 0 Å². The van der Waals surface area contributed by atoms with Gasteiger partial charge in [-0.25, -0.2) is 10.9 Å². The SMILES string of the molecule is CN(C(=O)C1CC(c2ccccn2)NN1)c1ccc2c(c1)OCCO2. The summed E-state index contributed by atoms with van der Waals surface area (Å²) in [7, 11) is 1.77. The number of hydrogen-bond acceptors (Lipinski definition) is 6. The number of likely N-dealkylation sites (N-methyl/N-ethyl adjacent to an activating group) is 1. The van der Waals surface area contributed by atoms with Gasteiger partial charge in [0.25, 0.3) is 0 Å². The van der Waals surface area contributed by atoms with Crippen LogP contribution < -0.4 is 25.2 Å². The molecule has 2 unspecified atom stereocenters. The number of carbonyl (C=O) groups is 1. The maximum atomic E-state index is 12.8. The molecule has 1 aromatic heterocycles. The molecule has 130 valence electrons. The molecule has 2 aliphatic rings. The van der Waals surface area contributed by atoms with Crippen molar-refractivity contribution in [1.29, 1.82) is 0 Å². The van der Waals surface area contributed by atoms with Crippen LogP contribution in [0.15, 0.2) is 42.6 Å². The number of hydrazine groups is 1. The summed E-state index contributed by atoms with van der Waals surface area (Å²) in [4.78, 5) is 18.8. The molecule has 0 saturated carbocycles. The fourth-order valence-corrected chi connectivity index (χ4v) is 3.10. The summed E-state index contributed by atoms with van der Waals surface area (Å²) in [5.41, 5.74) is 7.93. The summed E-state index contributed by atoms with van der Waals surface area (Å²) in [5, 5.41) is 0. The van der Waals surface area contributed by atoms with Crippen LogP contribution >= 0.6 is 0 Å². The van der Waals surface area contributed by atoms with E-state index in [1.807, 2.05) is 36.4 Å². The number of ether oxygens (including phenoxy) is 2. The maximum Gasteiger partial charge on any atom is 0.245 e. The summed E-state index contributed by atoms with van der Waals surface area (Å²) >= 11 is 0. The van der Waals surface area contributed by atoms with Gasteiger partial charge in [0, 0.05) is 25.0 Å². The second-order valence-electron chi connectivity index (χ2n) is 6.11. The zero-order valence-corrected chi connectivity index (χ0v) is 13.9. The maximum absolute atomic E-state index is 12.8. The Morgan fingerprint density at radius 2 is 2.00 bits per heavy atom. The van der Waals surface area contributed by atoms with Crippen LogP contribution in [0, 0.1) is 0 Å². The number of amides is 1. The molecule has 1 aromatic carbocycles. The summed E-state index contributed by atoms with van der Waals surface area (Å²) < 4.78 is 11.1. The van der Waals surface area contributed by atoms with Crippen molar-refractivity contribution in [3.8, 4) is 11.5 Å². The van der Waals surface area contributed by atoms with Crippen molar-refractivity contribution in [3.63, 3.8) is 0 Å². The molecular formula is C18H20N4O3. The van der Waals surface area contributed by atoms with Gasteiger partial charge in [0.15, 0.2) is 11.5 Å². The first-order valence-corrected chi connectivity index (χ1v) is 8.31. The fourth-order valence-electron chi connectivity index (χ4n) is 3.10.